The van der Waals surface area contributed by atoms with Gasteiger partial charge in [-0.25, -0.2) is 4.98 Å². The molecule has 1 atom stereocenters. The van der Waals surface area contributed by atoms with Crippen molar-refractivity contribution in [1.29, 1.82) is 5.26 Å². The summed E-state index contributed by atoms with van der Waals surface area (Å²) in [5.41, 5.74) is 1.60. The van der Waals surface area contributed by atoms with Crippen molar-refractivity contribution in [1.82, 2.24) is 9.88 Å². The Balaban J connectivity index is 1.47. The second-order valence-electron chi connectivity index (χ2n) is 6.58. The van der Waals surface area contributed by atoms with E-state index in [-0.39, 0.29) is 0 Å². The Morgan fingerprint density at radius 2 is 2.04 bits per heavy atom. The van der Waals surface area contributed by atoms with E-state index < -0.39 is 0 Å². The van der Waals surface area contributed by atoms with Gasteiger partial charge in [-0.2, -0.15) is 5.26 Å². The van der Waals surface area contributed by atoms with Crippen LogP contribution >= 0.6 is 0 Å². The molecule has 2 aliphatic rings. The second-order valence-corrected chi connectivity index (χ2v) is 6.58. The van der Waals surface area contributed by atoms with Gasteiger partial charge in [-0.1, -0.05) is 18.2 Å². The van der Waals surface area contributed by atoms with E-state index in [0.29, 0.717) is 11.7 Å². The largest absolute Gasteiger partial charge is 0.377 e. The van der Waals surface area contributed by atoms with Crippen molar-refractivity contribution in [3.8, 4) is 6.07 Å². The zero-order chi connectivity index (χ0) is 16.4. The van der Waals surface area contributed by atoms with E-state index in [0.717, 1.165) is 56.1 Å². The summed E-state index contributed by atoms with van der Waals surface area (Å²) >= 11 is 0. The van der Waals surface area contributed by atoms with Crippen LogP contribution in [0.15, 0.2) is 30.3 Å². The minimum absolute atomic E-state index is 0.417. The Morgan fingerprint density at radius 3 is 2.79 bits per heavy atom. The molecule has 0 bridgehead atoms. The Hall–Kier alpha value is -2.16. The highest BCUT2D eigenvalue weighted by atomic mass is 16.5. The number of benzene rings is 1. The summed E-state index contributed by atoms with van der Waals surface area (Å²) in [5.74, 6) is 0.919. The molecule has 0 aliphatic carbocycles. The molecule has 2 fully saturated rings. The van der Waals surface area contributed by atoms with Gasteiger partial charge in [-0.3, -0.25) is 4.90 Å². The number of para-hydroxylation sites is 1. The standard InChI is InChI=1S/C19H22N4O/c20-13-15-12-19(21-18-6-2-1-5-17(15)18)23-9-7-22(8-10-23)14-16-4-3-11-24-16/h1-2,5-6,12,16H,3-4,7-11,14H2/t16-/m0/s1. The lowest BCUT2D eigenvalue weighted by molar-refractivity contribution is 0.0712. The zero-order valence-corrected chi connectivity index (χ0v) is 13.8. The van der Waals surface area contributed by atoms with Gasteiger partial charge < -0.3 is 9.64 Å². The molecule has 24 heavy (non-hydrogen) atoms. The summed E-state index contributed by atoms with van der Waals surface area (Å²) in [4.78, 5) is 9.54. The number of anilines is 1. The van der Waals surface area contributed by atoms with Crippen molar-refractivity contribution >= 4 is 16.7 Å². The first-order valence-corrected chi connectivity index (χ1v) is 8.72. The molecule has 2 aliphatic heterocycles. The molecular weight excluding hydrogens is 300 g/mol. The first-order chi connectivity index (χ1) is 11.8. The lowest BCUT2D eigenvalue weighted by Crippen LogP contribution is -2.48. The molecule has 5 heteroatoms. The second kappa shape index (κ2) is 6.76. The van der Waals surface area contributed by atoms with Crippen LogP contribution in [0.25, 0.3) is 10.9 Å². The molecule has 0 amide bonds. The Bertz CT molecular complexity index is 756. The third-order valence-corrected chi connectivity index (χ3v) is 5.01. The summed E-state index contributed by atoms with van der Waals surface area (Å²) in [7, 11) is 0. The van der Waals surface area contributed by atoms with Crippen LogP contribution in [0.5, 0.6) is 0 Å². The fourth-order valence-electron chi connectivity index (χ4n) is 3.65. The van der Waals surface area contributed by atoms with Crippen molar-refractivity contribution in [2.75, 3.05) is 44.2 Å². The van der Waals surface area contributed by atoms with Gasteiger partial charge in [0.25, 0.3) is 0 Å². The molecule has 1 aromatic carbocycles. The van der Waals surface area contributed by atoms with Gasteiger partial charge in [-0.15, -0.1) is 0 Å². The SMILES string of the molecule is N#Cc1cc(N2CCN(C[C@@H]3CCCO3)CC2)nc2ccccc12. The highest BCUT2D eigenvalue weighted by molar-refractivity contribution is 5.86. The van der Waals surface area contributed by atoms with Crippen LogP contribution in [0.3, 0.4) is 0 Å². The molecule has 4 rings (SSSR count). The van der Waals surface area contributed by atoms with Crippen LogP contribution in [0.1, 0.15) is 18.4 Å². The molecule has 0 radical (unpaired) electrons. The highest BCUT2D eigenvalue weighted by Gasteiger charge is 2.23. The van der Waals surface area contributed by atoms with Crippen molar-refractivity contribution < 1.29 is 4.74 Å². The third kappa shape index (κ3) is 3.08. The molecule has 3 heterocycles. The first-order valence-electron chi connectivity index (χ1n) is 8.72. The monoisotopic (exact) mass is 322 g/mol. The van der Waals surface area contributed by atoms with Crippen LogP contribution in [-0.4, -0.2) is 55.3 Å². The summed E-state index contributed by atoms with van der Waals surface area (Å²) in [6.45, 7) is 5.91. The summed E-state index contributed by atoms with van der Waals surface area (Å²) in [6.07, 6.45) is 2.81. The Kier molecular flexibility index (Phi) is 4.33. The molecule has 124 valence electrons. The number of hydrogen-bond donors (Lipinski definition) is 0. The Labute approximate surface area is 142 Å². The van der Waals surface area contributed by atoms with E-state index in [4.69, 9.17) is 9.72 Å². The molecule has 2 aromatic rings. The molecule has 0 saturated carbocycles. The molecule has 1 aromatic heterocycles. The molecular formula is C19H22N4O. The quantitative estimate of drug-likeness (QED) is 0.868. The molecule has 5 nitrogen and oxygen atoms in total. The average Bonchev–Trinajstić information content (AvgIpc) is 3.14. The van der Waals surface area contributed by atoms with Gasteiger partial charge >= 0.3 is 0 Å². The number of fused-ring (bicyclic) bond motifs is 1. The topological polar surface area (TPSA) is 52.4 Å². The van der Waals surface area contributed by atoms with E-state index in [2.05, 4.69) is 15.9 Å². The fraction of sp³-hybridized carbons (Fsp3) is 0.474. The van der Waals surface area contributed by atoms with Gasteiger partial charge in [-0.05, 0) is 25.0 Å². The van der Waals surface area contributed by atoms with Gasteiger partial charge in [0.15, 0.2) is 0 Å². The first kappa shape index (κ1) is 15.4. The molecule has 0 N–H and O–H groups in total. The number of nitriles is 1. The van der Waals surface area contributed by atoms with E-state index in [1.807, 2.05) is 30.3 Å². The maximum Gasteiger partial charge on any atom is 0.130 e. The number of hydrogen-bond acceptors (Lipinski definition) is 5. The summed E-state index contributed by atoms with van der Waals surface area (Å²) in [5, 5.41) is 10.4. The molecule has 2 saturated heterocycles. The number of aromatic nitrogens is 1. The van der Waals surface area contributed by atoms with Gasteiger partial charge in [0, 0.05) is 44.7 Å². The highest BCUT2D eigenvalue weighted by Crippen LogP contribution is 2.23. The van der Waals surface area contributed by atoms with Gasteiger partial charge in [0.2, 0.25) is 0 Å². The minimum atomic E-state index is 0.417. The van der Waals surface area contributed by atoms with Gasteiger partial charge in [0.1, 0.15) is 5.82 Å². The third-order valence-electron chi connectivity index (χ3n) is 5.01. The maximum atomic E-state index is 9.44. The predicted molar refractivity (Wildman–Crippen MR) is 94.1 cm³/mol. The number of piperazine rings is 1. The van der Waals surface area contributed by atoms with E-state index in [1.165, 1.54) is 12.8 Å². The predicted octanol–water partition coefficient (Wildman–Crippen LogP) is 2.41. The van der Waals surface area contributed by atoms with E-state index in [1.54, 1.807) is 0 Å². The van der Waals surface area contributed by atoms with Crippen LogP contribution in [0.4, 0.5) is 5.82 Å². The van der Waals surface area contributed by atoms with Crippen molar-refractivity contribution in [3.05, 3.63) is 35.9 Å². The fourth-order valence-corrected chi connectivity index (χ4v) is 3.65. The number of nitrogens with zero attached hydrogens (tertiary/aromatic N) is 4. The lowest BCUT2D eigenvalue weighted by atomic mass is 10.1. The zero-order valence-electron chi connectivity index (χ0n) is 13.8. The number of rotatable bonds is 3. The smallest absolute Gasteiger partial charge is 0.130 e. The van der Waals surface area contributed by atoms with Crippen LogP contribution in [-0.2, 0) is 4.74 Å². The normalized spacial score (nSPS) is 22.0. The van der Waals surface area contributed by atoms with E-state index in [9.17, 15) is 5.26 Å². The summed E-state index contributed by atoms with van der Waals surface area (Å²) in [6, 6.07) is 12.1. The van der Waals surface area contributed by atoms with Crippen LogP contribution in [0.2, 0.25) is 0 Å². The molecule has 0 spiro atoms. The number of pyridine rings is 1. The number of ether oxygens (including phenoxy) is 1. The van der Waals surface area contributed by atoms with Crippen molar-refractivity contribution in [2.45, 2.75) is 18.9 Å². The van der Waals surface area contributed by atoms with Crippen LogP contribution < -0.4 is 4.90 Å². The minimum Gasteiger partial charge on any atom is -0.377 e. The Morgan fingerprint density at radius 1 is 1.21 bits per heavy atom. The lowest BCUT2D eigenvalue weighted by Gasteiger charge is -2.36. The summed E-state index contributed by atoms with van der Waals surface area (Å²) < 4.78 is 5.74. The van der Waals surface area contributed by atoms with Crippen molar-refractivity contribution in [2.24, 2.45) is 0 Å². The van der Waals surface area contributed by atoms with Crippen molar-refractivity contribution in [3.63, 3.8) is 0 Å². The van der Waals surface area contributed by atoms with Crippen LogP contribution in [0, 0.1) is 11.3 Å². The molecule has 0 unspecified atom stereocenters. The average molecular weight is 322 g/mol. The van der Waals surface area contributed by atoms with Gasteiger partial charge in [0.05, 0.1) is 23.3 Å². The maximum absolute atomic E-state index is 9.44. The van der Waals surface area contributed by atoms with E-state index >= 15 is 0 Å².